The molecular formula is C18H16F2N6S. The van der Waals surface area contributed by atoms with Crippen molar-refractivity contribution in [3.63, 3.8) is 0 Å². The Labute approximate surface area is 158 Å². The molecule has 0 amide bonds. The smallest absolute Gasteiger partial charge is 0.269 e. The summed E-state index contributed by atoms with van der Waals surface area (Å²) in [6.45, 7) is 1.30. The Morgan fingerprint density at radius 3 is 2.52 bits per heavy atom. The van der Waals surface area contributed by atoms with Crippen LogP contribution in [0.4, 0.5) is 8.78 Å². The number of alkyl halides is 2. The fourth-order valence-corrected chi connectivity index (χ4v) is 3.90. The second kappa shape index (κ2) is 7.07. The van der Waals surface area contributed by atoms with Crippen molar-refractivity contribution >= 4 is 22.8 Å². The van der Waals surface area contributed by atoms with E-state index >= 15 is 0 Å². The summed E-state index contributed by atoms with van der Waals surface area (Å²) in [6, 6.07) is 12.8. The number of hydrogen-bond acceptors (Lipinski definition) is 5. The topological polar surface area (TPSA) is 61.4 Å². The van der Waals surface area contributed by atoms with Crippen LogP contribution in [-0.2, 0) is 5.75 Å². The van der Waals surface area contributed by atoms with E-state index in [0.29, 0.717) is 16.2 Å². The van der Waals surface area contributed by atoms with Crippen LogP contribution in [0.5, 0.6) is 0 Å². The maximum absolute atomic E-state index is 13.6. The van der Waals surface area contributed by atoms with Crippen molar-refractivity contribution in [3.05, 3.63) is 59.4 Å². The van der Waals surface area contributed by atoms with Gasteiger partial charge in [0.1, 0.15) is 5.82 Å². The quantitative estimate of drug-likeness (QED) is 0.478. The van der Waals surface area contributed by atoms with E-state index in [1.54, 1.807) is 28.9 Å². The highest BCUT2D eigenvalue weighted by Crippen LogP contribution is 2.29. The summed E-state index contributed by atoms with van der Waals surface area (Å²) in [7, 11) is 0. The van der Waals surface area contributed by atoms with Crippen LogP contribution in [0.3, 0.4) is 0 Å². The molecule has 9 heteroatoms. The van der Waals surface area contributed by atoms with E-state index in [1.807, 2.05) is 32.0 Å². The molecule has 2 aromatic carbocycles. The van der Waals surface area contributed by atoms with Gasteiger partial charge < -0.3 is 0 Å². The fraction of sp³-hybridized carbons (Fsp3) is 0.222. The fourth-order valence-electron chi connectivity index (χ4n) is 3.09. The maximum atomic E-state index is 13.6. The summed E-state index contributed by atoms with van der Waals surface area (Å²) in [5.74, 6) is 0.511. The summed E-state index contributed by atoms with van der Waals surface area (Å²) in [6.07, 6.45) is 0. The van der Waals surface area contributed by atoms with Crippen molar-refractivity contribution in [3.8, 4) is 5.69 Å². The molecular weight excluding hydrogens is 370 g/mol. The van der Waals surface area contributed by atoms with Crippen molar-refractivity contribution in [2.75, 3.05) is 0 Å². The molecule has 0 spiro atoms. The SMILES string of the molecule is Cc1cccc(C)c1-n1nnnc1SCc1nc2ccccc2n1C(F)F. The van der Waals surface area contributed by atoms with Crippen molar-refractivity contribution < 1.29 is 8.78 Å². The molecule has 0 radical (unpaired) electrons. The van der Waals surface area contributed by atoms with Gasteiger partial charge in [0.15, 0.2) is 0 Å². The Morgan fingerprint density at radius 2 is 1.78 bits per heavy atom. The number of imidazole rings is 1. The summed E-state index contributed by atoms with van der Waals surface area (Å²) < 4.78 is 29.7. The average Bonchev–Trinajstić information content (AvgIpc) is 3.23. The van der Waals surface area contributed by atoms with Crippen molar-refractivity contribution in [2.24, 2.45) is 0 Å². The van der Waals surface area contributed by atoms with Crippen LogP contribution in [0.25, 0.3) is 16.7 Å². The van der Waals surface area contributed by atoms with Gasteiger partial charge in [-0.3, -0.25) is 4.57 Å². The van der Waals surface area contributed by atoms with Gasteiger partial charge in [0, 0.05) is 0 Å². The average molecular weight is 386 g/mol. The predicted molar refractivity (Wildman–Crippen MR) is 99.2 cm³/mol. The first-order valence-electron chi connectivity index (χ1n) is 8.28. The van der Waals surface area contributed by atoms with Gasteiger partial charge in [-0.05, 0) is 47.5 Å². The highest BCUT2D eigenvalue weighted by atomic mass is 32.2. The maximum Gasteiger partial charge on any atom is 0.320 e. The molecule has 4 aromatic rings. The lowest BCUT2D eigenvalue weighted by Gasteiger charge is -2.11. The molecule has 0 fully saturated rings. The van der Waals surface area contributed by atoms with E-state index in [1.165, 1.54) is 11.8 Å². The molecule has 0 N–H and O–H groups in total. The van der Waals surface area contributed by atoms with E-state index in [0.717, 1.165) is 21.4 Å². The van der Waals surface area contributed by atoms with Crippen molar-refractivity contribution in [2.45, 2.75) is 31.3 Å². The molecule has 138 valence electrons. The largest absolute Gasteiger partial charge is 0.320 e. The van der Waals surface area contributed by atoms with Gasteiger partial charge >= 0.3 is 6.55 Å². The normalized spacial score (nSPS) is 11.6. The van der Waals surface area contributed by atoms with Gasteiger partial charge in [-0.2, -0.15) is 13.5 Å². The van der Waals surface area contributed by atoms with Crippen molar-refractivity contribution in [1.29, 1.82) is 0 Å². The number of thioether (sulfide) groups is 1. The van der Waals surface area contributed by atoms with Crippen LogP contribution in [0.1, 0.15) is 23.5 Å². The number of para-hydroxylation sites is 3. The minimum absolute atomic E-state index is 0.227. The number of aromatic nitrogens is 6. The van der Waals surface area contributed by atoms with E-state index in [4.69, 9.17) is 0 Å². The molecule has 0 saturated heterocycles. The summed E-state index contributed by atoms with van der Waals surface area (Å²) in [5, 5.41) is 12.4. The van der Waals surface area contributed by atoms with Gasteiger partial charge in [-0.1, -0.05) is 42.1 Å². The Morgan fingerprint density at radius 1 is 1.04 bits per heavy atom. The lowest BCUT2D eigenvalue weighted by atomic mass is 10.1. The summed E-state index contributed by atoms with van der Waals surface area (Å²) in [5.41, 5.74) is 3.92. The standard InChI is InChI=1S/C18H16F2N6S/c1-11-6-5-7-12(2)16(11)26-18(22-23-24-26)27-10-15-21-13-8-3-4-9-14(13)25(15)17(19)20/h3-9,17H,10H2,1-2H3. The molecule has 0 aliphatic heterocycles. The Hall–Kier alpha value is -2.81. The van der Waals surface area contributed by atoms with Crippen LogP contribution in [0.2, 0.25) is 0 Å². The number of benzene rings is 2. The Bertz CT molecular complexity index is 1080. The number of tetrazole rings is 1. The van der Waals surface area contributed by atoms with E-state index in [-0.39, 0.29) is 11.6 Å². The number of halogens is 2. The number of fused-ring (bicyclic) bond motifs is 1. The number of rotatable bonds is 5. The molecule has 4 rings (SSSR count). The van der Waals surface area contributed by atoms with Crippen LogP contribution < -0.4 is 0 Å². The van der Waals surface area contributed by atoms with E-state index < -0.39 is 6.55 Å². The zero-order valence-corrected chi connectivity index (χ0v) is 15.5. The predicted octanol–water partition coefficient (Wildman–Crippen LogP) is 4.32. The Kier molecular flexibility index (Phi) is 4.61. The van der Waals surface area contributed by atoms with Crippen molar-refractivity contribution in [1.82, 2.24) is 29.8 Å². The summed E-state index contributed by atoms with van der Waals surface area (Å²) >= 11 is 1.28. The van der Waals surface area contributed by atoms with Crippen LogP contribution in [-0.4, -0.2) is 29.8 Å². The third-order valence-corrected chi connectivity index (χ3v) is 5.20. The lowest BCUT2D eigenvalue weighted by Crippen LogP contribution is -2.06. The molecule has 0 aliphatic rings. The van der Waals surface area contributed by atoms with Gasteiger partial charge in [-0.15, -0.1) is 5.10 Å². The molecule has 0 saturated carbocycles. The number of aryl methyl sites for hydroxylation is 2. The minimum atomic E-state index is -2.66. The molecule has 0 bridgehead atoms. The second-order valence-electron chi connectivity index (χ2n) is 6.07. The highest BCUT2D eigenvalue weighted by molar-refractivity contribution is 7.98. The van der Waals surface area contributed by atoms with Gasteiger partial charge in [0.05, 0.1) is 22.5 Å². The monoisotopic (exact) mass is 386 g/mol. The van der Waals surface area contributed by atoms with Gasteiger partial charge in [-0.25, -0.2) is 4.98 Å². The summed E-state index contributed by atoms with van der Waals surface area (Å²) in [4.78, 5) is 4.36. The number of hydrogen-bond donors (Lipinski definition) is 0. The van der Waals surface area contributed by atoms with E-state index in [9.17, 15) is 8.78 Å². The molecule has 6 nitrogen and oxygen atoms in total. The highest BCUT2D eigenvalue weighted by Gasteiger charge is 2.19. The lowest BCUT2D eigenvalue weighted by molar-refractivity contribution is 0.0722. The first-order chi connectivity index (χ1) is 13.1. The van der Waals surface area contributed by atoms with E-state index in [2.05, 4.69) is 20.5 Å². The van der Waals surface area contributed by atoms with Gasteiger partial charge in [0.2, 0.25) is 5.16 Å². The zero-order chi connectivity index (χ0) is 19.0. The molecule has 27 heavy (non-hydrogen) atoms. The molecule has 0 aliphatic carbocycles. The van der Waals surface area contributed by atoms with Gasteiger partial charge in [0.25, 0.3) is 0 Å². The second-order valence-corrected chi connectivity index (χ2v) is 7.01. The zero-order valence-electron chi connectivity index (χ0n) is 14.7. The number of nitrogens with zero attached hydrogens (tertiary/aromatic N) is 6. The third-order valence-electron chi connectivity index (χ3n) is 4.29. The minimum Gasteiger partial charge on any atom is -0.269 e. The van der Waals surface area contributed by atoms with Crippen LogP contribution in [0, 0.1) is 13.8 Å². The van der Waals surface area contributed by atoms with Crippen LogP contribution in [0.15, 0.2) is 47.6 Å². The Balaban J connectivity index is 1.68. The first-order valence-corrected chi connectivity index (χ1v) is 9.26. The first kappa shape index (κ1) is 17.6. The molecule has 2 aromatic heterocycles. The molecule has 0 atom stereocenters. The third kappa shape index (κ3) is 3.18. The molecule has 0 unspecified atom stereocenters. The molecule has 2 heterocycles. The van der Waals surface area contributed by atoms with Crippen LogP contribution >= 0.6 is 11.8 Å².